The summed E-state index contributed by atoms with van der Waals surface area (Å²) in [5, 5.41) is 18.9. The third-order valence-electron chi connectivity index (χ3n) is 3.03. The molecule has 0 aliphatic rings. The second-order valence-electron chi connectivity index (χ2n) is 4.83. The number of nitriles is 1. The Morgan fingerprint density at radius 2 is 2.18 bits per heavy atom. The molecule has 0 saturated carbocycles. The van der Waals surface area contributed by atoms with E-state index in [1.54, 1.807) is 12.1 Å². The normalized spacial score (nSPS) is 14.3. The maximum atomic E-state index is 13.2. The van der Waals surface area contributed by atoms with Crippen LogP contribution in [0.15, 0.2) is 45.9 Å². The van der Waals surface area contributed by atoms with Crippen molar-refractivity contribution in [1.82, 2.24) is 4.72 Å². The zero-order valence-electron chi connectivity index (χ0n) is 11.6. The third kappa shape index (κ3) is 3.33. The average Bonchev–Trinajstić information content (AvgIpc) is 3.01. The number of furan rings is 1. The molecular formula is C14H13FN2O4S. The molecule has 0 aliphatic carbocycles. The number of aliphatic hydroxyl groups is 1. The molecule has 1 heterocycles. The Kier molecular flexibility index (Phi) is 4.32. The van der Waals surface area contributed by atoms with Gasteiger partial charge in [0.2, 0.25) is 10.0 Å². The summed E-state index contributed by atoms with van der Waals surface area (Å²) in [6.07, 6.45) is 1.36. The summed E-state index contributed by atoms with van der Waals surface area (Å²) >= 11 is 0. The molecule has 2 aromatic rings. The number of hydrogen-bond donors (Lipinski definition) is 2. The van der Waals surface area contributed by atoms with E-state index in [1.807, 2.05) is 0 Å². The van der Waals surface area contributed by atoms with Gasteiger partial charge >= 0.3 is 0 Å². The van der Waals surface area contributed by atoms with Crippen LogP contribution in [0.3, 0.4) is 0 Å². The largest absolute Gasteiger partial charge is 0.466 e. The molecule has 1 aromatic heterocycles. The van der Waals surface area contributed by atoms with Crippen LogP contribution in [0.2, 0.25) is 0 Å². The van der Waals surface area contributed by atoms with Crippen LogP contribution in [0.5, 0.6) is 0 Å². The van der Waals surface area contributed by atoms with Gasteiger partial charge in [-0.25, -0.2) is 17.5 Å². The van der Waals surface area contributed by atoms with Gasteiger partial charge in [-0.2, -0.15) is 5.26 Å². The van der Waals surface area contributed by atoms with Crippen LogP contribution in [0, 0.1) is 17.1 Å². The predicted molar refractivity (Wildman–Crippen MR) is 74.6 cm³/mol. The van der Waals surface area contributed by atoms with E-state index in [1.165, 1.54) is 19.3 Å². The first-order chi connectivity index (χ1) is 10.3. The quantitative estimate of drug-likeness (QED) is 0.867. The lowest BCUT2D eigenvalue weighted by molar-refractivity contribution is 0.0395. The molecule has 22 heavy (non-hydrogen) atoms. The predicted octanol–water partition coefficient (Wildman–Crippen LogP) is 1.48. The van der Waals surface area contributed by atoms with E-state index in [2.05, 4.69) is 4.72 Å². The average molecular weight is 324 g/mol. The SMILES string of the molecule is C[C@](O)(CNS(=O)(=O)c1ccc(F)c(C#N)c1)c1ccco1. The molecule has 8 heteroatoms. The highest BCUT2D eigenvalue weighted by Gasteiger charge is 2.29. The molecule has 0 aliphatic heterocycles. The lowest BCUT2D eigenvalue weighted by Crippen LogP contribution is -2.38. The fourth-order valence-electron chi connectivity index (χ4n) is 1.75. The third-order valence-corrected chi connectivity index (χ3v) is 4.43. The summed E-state index contributed by atoms with van der Waals surface area (Å²) in [6, 6.07) is 7.52. The van der Waals surface area contributed by atoms with E-state index < -0.39 is 21.4 Å². The Labute approximate surface area is 126 Å². The highest BCUT2D eigenvalue weighted by molar-refractivity contribution is 7.89. The Balaban J connectivity index is 2.20. The van der Waals surface area contributed by atoms with Crippen molar-refractivity contribution < 1.29 is 22.3 Å². The molecule has 0 fully saturated rings. The minimum atomic E-state index is -4.00. The maximum Gasteiger partial charge on any atom is 0.240 e. The summed E-state index contributed by atoms with van der Waals surface area (Å²) in [7, 11) is -4.00. The van der Waals surface area contributed by atoms with Crippen LogP contribution in [-0.2, 0) is 15.6 Å². The second kappa shape index (κ2) is 5.88. The molecule has 2 rings (SSSR count). The first-order valence-corrected chi connectivity index (χ1v) is 7.70. The van der Waals surface area contributed by atoms with Gasteiger partial charge in [0, 0.05) is 6.54 Å². The van der Waals surface area contributed by atoms with E-state index in [-0.39, 0.29) is 22.8 Å². The Hall–Kier alpha value is -2.21. The van der Waals surface area contributed by atoms with Crippen LogP contribution in [0.4, 0.5) is 4.39 Å². The van der Waals surface area contributed by atoms with Crippen molar-refractivity contribution >= 4 is 10.0 Å². The smallest absolute Gasteiger partial charge is 0.240 e. The second-order valence-corrected chi connectivity index (χ2v) is 6.60. The van der Waals surface area contributed by atoms with Crippen LogP contribution in [-0.4, -0.2) is 20.1 Å². The van der Waals surface area contributed by atoms with Gasteiger partial charge in [0.1, 0.15) is 23.2 Å². The zero-order valence-corrected chi connectivity index (χ0v) is 12.4. The molecular weight excluding hydrogens is 311 g/mol. The molecule has 6 nitrogen and oxygen atoms in total. The standard InChI is InChI=1S/C14H13FN2O4S/c1-14(18,13-3-2-6-21-13)9-17-22(19,20)11-4-5-12(15)10(7-11)8-16/h2-7,17-18H,9H2,1H3/t14-/m0/s1. The van der Waals surface area contributed by atoms with Gasteiger partial charge in [0.15, 0.2) is 0 Å². The van der Waals surface area contributed by atoms with E-state index in [9.17, 15) is 17.9 Å². The molecule has 0 bridgehead atoms. The van der Waals surface area contributed by atoms with Crippen molar-refractivity contribution in [2.75, 3.05) is 6.54 Å². The number of halogens is 1. The molecule has 0 amide bonds. The Morgan fingerprint density at radius 3 is 2.77 bits per heavy atom. The molecule has 1 atom stereocenters. The number of rotatable bonds is 5. The molecule has 0 unspecified atom stereocenters. The lowest BCUT2D eigenvalue weighted by Gasteiger charge is -2.21. The highest BCUT2D eigenvalue weighted by atomic mass is 32.2. The van der Waals surface area contributed by atoms with Crippen LogP contribution < -0.4 is 4.72 Å². The highest BCUT2D eigenvalue weighted by Crippen LogP contribution is 2.21. The number of benzene rings is 1. The molecule has 2 N–H and O–H groups in total. The fraction of sp³-hybridized carbons (Fsp3) is 0.214. The number of nitrogens with zero attached hydrogens (tertiary/aromatic N) is 1. The van der Waals surface area contributed by atoms with Gasteiger partial charge in [-0.3, -0.25) is 0 Å². The lowest BCUT2D eigenvalue weighted by atomic mass is 10.1. The van der Waals surface area contributed by atoms with Gasteiger partial charge in [-0.05, 0) is 37.3 Å². The molecule has 116 valence electrons. The summed E-state index contributed by atoms with van der Waals surface area (Å²) in [5.41, 5.74) is -1.92. The minimum absolute atomic E-state index is 0.201. The minimum Gasteiger partial charge on any atom is -0.466 e. The van der Waals surface area contributed by atoms with E-state index >= 15 is 0 Å². The Bertz CT molecular complexity index is 808. The molecule has 0 radical (unpaired) electrons. The van der Waals surface area contributed by atoms with Gasteiger partial charge in [-0.1, -0.05) is 0 Å². The van der Waals surface area contributed by atoms with Gasteiger partial charge in [0.05, 0.1) is 16.7 Å². The van der Waals surface area contributed by atoms with Crippen molar-refractivity contribution in [3.8, 4) is 6.07 Å². The van der Waals surface area contributed by atoms with E-state index in [4.69, 9.17) is 9.68 Å². The topological polar surface area (TPSA) is 103 Å². The van der Waals surface area contributed by atoms with Crippen LogP contribution in [0.1, 0.15) is 18.2 Å². The van der Waals surface area contributed by atoms with Gasteiger partial charge in [0.25, 0.3) is 0 Å². The Morgan fingerprint density at radius 1 is 1.45 bits per heavy atom. The first-order valence-electron chi connectivity index (χ1n) is 6.22. The summed E-state index contributed by atoms with van der Waals surface area (Å²) in [6.45, 7) is 1.04. The number of nitrogens with one attached hydrogen (secondary N) is 1. The van der Waals surface area contributed by atoms with E-state index in [0.29, 0.717) is 0 Å². The summed E-state index contributed by atoms with van der Waals surface area (Å²) < 4.78 is 44.8. The van der Waals surface area contributed by atoms with Crippen molar-refractivity contribution in [3.05, 3.63) is 53.7 Å². The van der Waals surface area contributed by atoms with Crippen LogP contribution in [0.25, 0.3) is 0 Å². The fourth-order valence-corrected chi connectivity index (χ4v) is 2.91. The van der Waals surface area contributed by atoms with Crippen molar-refractivity contribution in [2.24, 2.45) is 0 Å². The molecule has 0 saturated heterocycles. The summed E-state index contributed by atoms with van der Waals surface area (Å²) in [5.74, 6) is -0.601. The monoisotopic (exact) mass is 324 g/mol. The van der Waals surface area contributed by atoms with Crippen molar-refractivity contribution in [1.29, 1.82) is 5.26 Å². The van der Waals surface area contributed by atoms with Crippen molar-refractivity contribution in [3.63, 3.8) is 0 Å². The number of sulfonamides is 1. The zero-order chi connectivity index (χ0) is 16.4. The molecule has 0 spiro atoms. The number of hydrogen-bond acceptors (Lipinski definition) is 5. The molecule has 1 aromatic carbocycles. The van der Waals surface area contributed by atoms with Gasteiger partial charge in [-0.15, -0.1) is 0 Å². The maximum absolute atomic E-state index is 13.2. The van der Waals surface area contributed by atoms with E-state index in [0.717, 1.165) is 18.2 Å². The summed E-state index contributed by atoms with van der Waals surface area (Å²) in [4.78, 5) is -0.263. The first kappa shape index (κ1) is 16.2. The van der Waals surface area contributed by atoms with Crippen molar-refractivity contribution in [2.45, 2.75) is 17.4 Å². The van der Waals surface area contributed by atoms with Crippen LogP contribution >= 0.6 is 0 Å². The van der Waals surface area contributed by atoms with Gasteiger partial charge < -0.3 is 9.52 Å².